The summed E-state index contributed by atoms with van der Waals surface area (Å²) in [6.07, 6.45) is 3.50. The lowest BCUT2D eigenvalue weighted by atomic mass is 10.1. The van der Waals surface area contributed by atoms with Gasteiger partial charge in [0, 0.05) is 19.7 Å². The third kappa shape index (κ3) is 3.66. The van der Waals surface area contributed by atoms with Crippen molar-refractivity contribution in [3.63, 3.8) is 0 Å². The fourth-order valence-electron chi connectivity index (χ4n) is 2.78. The number of rotatable bonds is 8. The van der Waals surface area contributed by atoms with Gasteiger partial charge in [-0.2, -0.15) is 0 Å². The van der Waals surface area contributed by atoms with Crippen LogP contribution in [-0.2, 0) is 11.2 Å². The monoisotopic (exact) mass is 296 g/mol. The third-order valence-corrected chi connectivity index (χ3v) is 4.41. The van der Waals surface area contributed by atoms with Crippen molar-refractivity contribution in [1.29, 1.82) is 0 Å². The van der Waals surface area contributed by atoms with E-state index in [4.69, 9.17) is 22.1 Å². The van der Waals surface area contributed by atoms with Gasteiger partial charge in [0.15, 0.2) is 0 Å². The average molecular weight is 297 g/mol. The van der Waals surface area contributed by atoms with Crippen LogP contribution in [0.4, 0.5) is 5.69 Å². The number of ether oxygens (including phenoxy) is 1. The van der Waals surface area contributed by atoms with Crippen molar-refractivity contribution in [2.24, 2.45) is 11.7 Å². The maximum atomic E-state index is 6.48. The maximum Gasteiger partial charge on any atom is 0.0642 e. The standard InChI is InChI=1S/C16H25ClN2O/c1-12(13-6-7-13)19(10-11-20-2)16-14(8-9-18)4-3-5-15(16)17/h3-5,12-13H,6-11,18H2,1-2H3. The van der Waals surface area contributed by atoms with Crippen molar-refractivity contribution < 1.29 is 4.74 Å². The molecule has 0 amide bonds. The highest BCUT2D eigenvalue weighted by Crippen LogP contribution is 2.40. The Bertz CT molecular complexity index is 434. The van der Waals surface area contributed by atoms with Crippen molar-refractivity contribution in [3.05, 3.63) is 28.8 Å². The lowest BCUT2D eigenvalue weighted by Crippen LogP contribution is -2.38. The van der Waals surface area contributed by atoms with Crippen LogP contribution >= 0.6 is 11.6 Å². The zero-order valence-electron chi connectivity index (χ0n) is 12.4. The molecule has 0 heterocycles. The van der Waals surface area contributed by atoms with Crippen molar-refractivity contribution >= 4 is 17.3 Å². The van der Waals surface area contributed by atoms with Crippen molar-refractivity contribution in [2.45, 2.75) is 32.2 Å². The summed E-state index contributed by atoms with van der Waals surface area (Å²) < 4.78 is 5.27. The van der Waals surface area contributed by atoms with Gasteiger partial charge >= 0.3 is 0 Å². The Morgan fingerprint density at radius 2 is 2.20 bits per heavy atom. The Balaban J connectivity index is 2.30. The molecule has 0 radical (unpaired) electrons. The number of methoxy groups -OCH3 is 1. The van der Waals surface area contributed by atoms with Crippen molar-refractivity contribution in [2.75, 3.05) is 31.7 Å². The molecule has 1 aliphatic carbocycles. The highest BCUT2D eigenvalue weighted by atomic mass is 35.5. The minimum absolute atomic E-state index is 0.501. The second kappa shape index (κ2) is 7.30. The molecule has 4 heteroatoms. The smallest absolute Gasteiger partial charge is 0.0642 e. The van der Waals surface area contributed by atoms with E-state index in [2.05, 4.69) is 17.9 Å². The number of para-hydroxylation sites is 1. The quantitative estimate of drug-likeness (QED) is 0.801. The van der Waals surface area contributed by atoms with Crippen LogP contribution in [0.1, 0.15) is 25.3 Å². The first-order chi connectivity index (χ1) is 9.69. The van der Waals surface area contributed by atoms with Gasteiger partial charge in [-0.3, -0.25) is 0 Å². The fraction of sp³-hybridized carbons (Fsp3) is 0.625. The molecule has 0 aromatic heterocycles. The molecule has 0 bridgehead atoms. The molecule has 0 saturated heterocycles. The molecule has 1 unspecified atom stereocenters. The summed E-state index contributed by atoms with van der Waals surface area (Å²) in [5, 5.41) is 0.819. The zero-order chi connectivity index (χ0) is 14.5. The summed E-state index contributed by atoms with van der Waals surface area (Å²) in [5.41, 5.74) is 8.13. The SMILES string of the molecule is COCCN(c1c(Cl)cccc1CCN)C(C)C1CC1. The van der Waals surface area contributed by atoms with Crippen LogP contribution in [0.3, 0.4) is 0 Å². The van der Waals surface area contributed by atoms with Crippen LogP contribution in [0.5, 0.6) is 0 Å². The number of hydrogen-bond donors (Lipinski definition) is 1. The number of nitrogens with two attached hydrogens (primary N) is 1. The minimum Gasteiger partial charge on any atom is -0.383 e. The van der Waals surface area contributed by atoms with Crippen LogP contribution in [-0.4, -0.2) is 32.8 Å². The fourth-order valence-corrected chi connectivity index (χ4v) is 3.08. The van der Waals surface area contributed by atoms with Crippen LogP contribution in [0.25, 0.3) is 0 Å². The first-order valence-corrected chi connectivity index (χ1v) is 7.79. The molecule has 1 aromatic rings. The number of halogens is 1. The van der Waals surface area contributed by atoms with Crippen molar-refractivity contribution in [3.8, 4) is 0 Å². The van der Waals surface area contributed by atoms with Gasteiger partial charge in [-0.15, -0.1) is 0 Å². The molecule has 1 fully saturated rings. The van der Waals surface area contributed by atoms with E-state index in [1.807, 2.05) is 12.1 Å². The Kier molecular flexibility index (Phi) is 5.70. The van der Waals surface area contributed by atoms with Gasteiger partial charge in [-0.25, -0.2) is 0 Å². The molecule has 112 valence electrons. The Morgan fingerprint density at radius 3 is 2.80 bits per heavy atom. The molecular weight excluding hydrogens is 272 g/mol. The maximum absolute atomic E-state index is 6.48. The highest BCUT2D eigenvalue weighted by molar-refractivity contribution is 6.33. The first-order valence-electron chi connectivity index (χ1n) is 7.42. The van der Waals surface area contributed by atoms with E-state index in [-0.39, 0.29) is 0 Å². The summed E-state index contributed by atoms with van der Waals surface area (Å²) in [7, 11) is 1.74. The Morgan fingerprint density at radius 1 is 1.45 bits per heavy atom. The molecule has 1 aromatic carbocycles. The number of hydrogen-bond acceptors (Lipinski definition) is 3. The van der Waals surface area contributed by atoms with Crippen molar-refractivity contribution in [1.82, 2.24) is 0 Å². The van der Waals surface area contributed by atoms with Crippen LogP contribution in [0.2, 0.25) is 5.02 Å². The van der Waals surface area contributed by atoms with E-state index in [0.29, 0.717) is 19.2 Å². The van der Waals surface area contributed by atoms with Gasteiger partial charge in [0.05, 0.1) is 17.3 Å². The van der Waals surface area contributed by atoms with Crippen LogP contribution in [0, 0.1) is 5.92 Å². The number of benzene rings is 1. The highest BCUT2D eigenvalue weighted by Gasteiger charge is 2.33. The molecule has 0 spiro atoms. The van der Waals surface area contributed by atoms with Gasteiger partial charge in [0.25, 0.3) is 0 Å². The molecule has 2 N–H and O–H groups in total. The molecule has 20 heavy (non-hydrogen) atoms. The van der Waals surface area contributed by atoms with Crippen LogP contribution < -0.4 is 10.6 Å². The van der Waals surface area contributed by atoms with Gasteiger partial charge in [0.1, 0.15) is 0 Å². The largest absolute Gasteiger partial charge is 0.383 e. The summed E-state index contributed by atoms with van der Waals surface area (Å²) >= 11 is 6.48. The van der Waals surface area contributed by atoms with Gasteiger partial charge in [-0.05, 0) is 50.3 Å². The molecule has 1 saturated carbocycles. The molecule has 3 nitrogen and oxygen atoms in total. The van der Waals surface area contributed by atoms with Gasteiger partial charge in [-0.1, -0.05) is 23.7 Å². The Hall–Kier alpha value is -0.770. The summed E-state index contributed by atoms with van der Waals surface area (Å²) in [4.78, 5) is 2.41. The normalized spacial score (nSPS) is 16.2. The molecule has 0 aliphatic heterocycles. The lowest BCUT2D eigenvalue weighted by Gasteiger charge is -2.34. The summed E-state index contributed by atoms with van der Waals surface area (Å²) in [5.74, 6) is 0.786. The van der Waals surface area contributed by atoms with E-state index >= 15 is 0 Å². The zero-order valence-corrected chi connectivity index (χ0v) is 13.2. The van der Waals surface area contributed by atoms with E-state index in [9.17, 15) is 0 Å². The average Bonchev–Trinajstić information content (AvgIpc) is 3.26. The van der Waals surface area contributed by atoms with Gasteiger partial charge in [0.2, 0.25) is 0 Å². The van der Waals surface area contributed by atoms with E-state index in [1.54, 1.807) is 7.11 Å². The molecular formula is C16H25ClN2O. The van der Waals surface area contributed by atoms with Crippen LogP contribution in [0.15, 0.2) is 18.2 Å². The Labute approximate surface area is 127 Å². The topological polar surface area (TPSA) is 38.5 Å². The predicted octanol–water partition coefficient (Wildman–Crippen LogP) is 3.09. The summed E-state index contributed by atoms with van der Waals surface area (Å²) in [6.45, 7) is 4.52. The first kappa shape index (κ1) is 15.6. The molecule has 1 atom stereocenters. The number of anilines is 1. The second-order valence-electron chi connectivity index (χ2n) is 5.55. The lowest BCUT2D eigenvalue weighted by molar-refractivity contribution is 0.202. The predicted molar refractivity (Wildman–Crippen MR) is 85.6 cm³/mol. The third-order valence-electron chi connectivity index (χ3n) is 4.10. The molecule has 2 rings (SSSR count). The second-order valence-corrected chi connectivity index (χ2v) is 5.96. The van der Waals surface area contributed by atoms with Gasteiger partial charge < -0.3 is 15.4 Å². The van der Waals surface area contributed by atoms with E-state index in [0.717, 1.165) is 29.6 Å². The summed E-state index contributed by atoms with van der Waals surface area (Å²) in [6, 6.07) is 6.61. The van der Waals surface area contributed by atoms with E-state index < -0.39 is 0 Å². The molecule has 1 aliphatic rings. The van der Waals surface area contributed by atoms with E-state index in [1.165, 1.54) is 18.4 Å². The number of nitrogens with zero attached hydrogens (tertiary/aromatic N) is 1. The minimum atomic E-state index is 0.501.